The lowest BCUT2D eigenvalue weighted by atomic mass is 10.1. The number of benzene rings is 1. The van der Waals surface area contributed by atoms with Crippen LogP contribution in [-0.4, -0.2) is 42.1 Å². The molecule has 0 aromatic heterocycles. The molecule has 0 saturated heterocycles. The number of fused-ring (bicyclic) bond motifs is 1. The second-order valence-corrected chi connectivity index (χ2v) is 4.20. The molecule has 2 amide bonds. The summed E-state index contributed by atoms with van der Waals surface area (Å²) in [5, 5.41) is 0. The van der Waals surface area contributed by atoms with Crippen LogP contribution in [0, 0.1) is 5.82 Å². The highest BCUT2D eigenvalue weighted by Crippen LogP contribution is 2.27. The minimum atomic E-state index is -1.51. The van der Waals surface area contributed by atoms with Crippen LogP contribution in [-0.2, 0) is 14.3 Å². The van der Waals surface area contributed by atoms with Gasteiger partial charge in [0.25, 0.3) is 11.8 Å². The standard InChI is InChI=1S/C14H14FNO5/c1-3-20-13(14(19)21-4-2)16-11(17)8-6-5-7-9(15)10(8)12(16)18/h5-7,13H,3-4H2,1-2H3. The van der Waals surface area contributed by atoms with Gasteiger partial charge in [0.1, 0.15) is 5.82 Å². The van der Waals surface area contributed by atoms with Crippen molar-refractivity contribution in [1.29, 1.82) is 0 Å². The van der Waals surface area contributed by atoms with Crippen LogP contribution in [0.2, 0.25) is 0 Å². The molecule has 6 nitrogen and oxygen atoms in total. The van der Waals surface area contributed by atoms with E-state index in [1.54, 1.807) is 13.8 Å². The molecule has 0 saturated carbocycles. The Bertz CT molecular complexity index is 601. The molecule has 112 valence electrons. The van der Waals surface area contributed by atoms with Gasteiger partial charge in [0.05, 0.1) is 17.7 Å². The molecule has 0 spiro atoms. The van der Waals surface area contributed by atoms with Crippen LogP contribution < -0.4 is 0 Å². The lowest BCUT2D eigenvalue weighted by Gasteiger charge is -2.23. The van der Waals surface area contributed by atoms with Crippen molar-refractivity contribution in [3.05, 3.63) is 35.1 Å². The number of ether oxygens (including phenoxy) is 2. The maximum absolute atomic E-state index is 13.7. The molecular formula is C14H14FNO5. The normalized spacial score (nSPS) is 15.1. The number of hydrogen-bond acceptors (Lipinski definition) is 5. The minimum Gasteiger partial charge on any atom is -0.463 e. The zero-order valence-corrected chi connectivity index (χ0v) is 11.6. The third-order valence-corrected chi connectivity index (χ3v) is 2.94. The van der Waals surface area contributed by atoms with Gasteiger partial charge in [-0.05, 0) is 26.0 Å². The molecule has 0 N–H and O–H groups in total. The van der Waals surface area contributed by atoms with E-state index in [0.717, 1.165) is 6.07 Å². The van der Waals surface area contributed by atoms with Crippen LogP contribution in [0.25, 0.3) is 0 Å². The van der Waals surface area contributed by atoms with Gasteiger partial charge < -0.3 is 9.47 Å². The zero-order valence-electron chi connectivity index (χ0n) is 11.6. The Hall–Kier alpha value is -2.28. The maximum Gasteiger partial charge on any atom is 0.357 e. The Kier molecular flexibility index (Phi) is 4.32. The number of carbonyl (C=O) groups is 3. The lowest BCUT2D eigenvalue weighted by Crippen LogP contribution is -2.47. The van der Waals surface area contributed by atoms with Gasteiger partial charge in [-0.15, -0.1) is 0 Å². The molecular weight excluding hydrogens is 281 g/mol. The number of amides is 2. The second-order valence-electron chi connectivity index (χ2n) is 4.20. The number of nitrogens with zero attached hydrogens (tertiary/aromatic N) is 1. The first kappa shape index (κ1) is 15.1. The molecule has 0 bridgehead atoms. The average molecular weight is 295 g/mol. The molecule has 1 atom stereocenters. The highest BCUT2D eigenvalue weighted by Gasteiger charge is 2.45. The fourth-order valence-electron chi connectivity index (χ4n) is 2.09. The summed E-state index contributed by atoms with van der Waals surface area (Å²) in [6.07, 6.45) is -1.51. The molecule has 0 aliphatic carbocycles. The van der Waals surface area contributed by atoms with Gasteiger partial charge in [0.2, 0.25) is 6.23 Å². The van der Waals surface area contributed by atoms with Gasteiger partial charge in [-0.3, -0.25) is 9.59 Å². The van der Waals surface area contributed by atoms with E-state index in [4.69, 9.17) is 9.47 Å². The van der Waals surface area contributed by atoms with Crippen molar-refractivity contribution < 1.29 is 28.2 Å². The molecule has 1 unspecified atom stereocenters. The van der Waals surface area contributed by atoms with E-state index in [-0.39, 0.29) is 24.3 Å². The third kappa shape index (κ3) is 2.52. The third-order valence-electron chi connectivity index (χ3n) is 2.94. The summed E-state index contributed by atoms with van der Waals surface area (Å²) < 4.78 is 23.7. The van der Waals surface area contributed by atoms with Gasteiger partial charge >= 0.3 is 5.97 Å². The molecule has 1 heterocycles. The fraction of sp³-hybridized carbons (Fsp3) is 0.357. The Morgan fingerprint density at radius 1 is 1.24 bits per heavy atom. The van der Waals surface area contributed by atoms with Crippen molar-refractivity contribution in [2.45, 2.75) is 20.1 Å². The number of halogens is 1. The summed E-state index contributed by atoms with van der Waals surface area (Å²) in [6, 6.07) is 3.73. The minimum absolute atomic E-state index is 0.0694. The first-order chi connectivity index (χ1) is 10.0. The molecule has 1 aliphatic rings. The molecule has 1 aliphatic heterocycles. The van der Waals surface area contributed by atoms with Crippen molar-refractivity contribution in [3.63, 3.8) is 0 Å². The van der Waals surface area contributed by atoms with Gasteiger partial charge in [0.15, 0.2) is 0 Å². The van der Waals surface area contributed by atoms with Crippen LogP contribution in [0.1, 0.15) is 34.6 Å². The first-order valence-corrected chi connectivity index (χ1v) is 6.47. The topological polar surface area (TPSA) is 72.9 Å². The number of hydrogen-bond donors (Lipinski definition) is 0. The Morgan fingerprint density at radius 2 is 1.95 bits per heavy atom. The zero-order chi connectivity index (χ0) is 15.6. The van der Waals surface area contributed by atoms with Crippen molar-refractivity contribution in [2.75, 3.05) is 13.2 Å². The summed E-state index contributed by atoms with van der Waals surface area (Å²) in [6.45, 7) is 3.34. The Balaban J connectivity index is 2.40. The highest BCUT2D eigenvalue weighted by atomic mass is 19.1. The van der Waals surface area contributed by atoms with Crippen molar-refractivity contribution >= 4 is 17.8 Å². The van der Waals surface area contributed by atoms with Crippen LogP contribution in [0.15, 0.2) is 18.2 Å². The van der Waals surface area contributed by atoms with Crippen molar-refractivity contribution in [3.8, 4) is 0 Å². The summed E-state index contributed by atoms with van der Waals surface area (Å²) >= 11 is 0. The quantitative estimate of drug-likeness (QED) is 0.605. The van der Waals surface area contributed by atoms with E-state index in [9.17, 15) is 18.8 Å². The van der Waals surface area contributed by atoms with E-state index in [2.05, 4.69) is 0 Å². The fourth-order valence-corrected chi connectivity index (χ4v) is 2.09. The van der Waals surface area contributed by atoms with E-state index in [0.29, 0.717) is 4.90 Å². The number of rotatable bonds is 5. The summed E-state index contributed by atoms with van der Waals surface area (Å²) in [4.78, 5) is 36.9. The van der Waals surface area contributed by atoms with E-state index >= 15 is 0 Å². The predicted molar refractivity (Wildman–Crippen MR) is 68.9 cm³/mol. The molecule has 0 fully saturated rings. The van der Waals surface area contributed by atoms with Crippen molar-refractivity contribution in [2.24, 2.45) is 0 Å². The molecule has 2 rings (SSSR count). The Labute approximate surface area is 120 Å². The first-order valence-electron chi connectivity index (χ1n) is 6.47. The summed E-state index contributed by atoms with van der Waals surface area (Å²) in [7, 11) is 0. The highest BCUT2D eigenvalue weighted by molar-refractivity contribution is 6.22. The average Bonchev–Trinajstić information content (AvgIpc) is 2.70. The number of carbonyl (C=O) groups excluding carboxylic acids is 3. The monoisotopic (exact) mass is 295 g/mol. The second kappa shape index (κ2) is 6.01. The van der Waals surface area contributed by atoms with Crippen molar-refractivity contribution in [1.82, 2.24) is 4.90 Å². The van der Waals surface area contributed by atoms with E-state index in [1.165, 1.54) is 12.1 Å². The largest absolute Gasteiger partial charge is 0.463 e. The molecule has 21 heavy (non-hydrogen) atoms. The molecule has 1 aromatic carbocycles. The van der Waals surface area contributed by atoms with Crippen LogP contribution in [0.5, 0.6) is 0 Å². The molecule has 0 radical (unpaired) electrons. The molecule has 1 aromatic rings. The van der Waals surface area contributed by atoms with E-state index < -0.39 is 29.8 Å². The number of imide groups is 1. The van der Waals surface area contributed by atoms with Crippen LogP contribution in [0.3, 0.4) is 0 Å². The lowest BCUT2D eigenvalue weighted by molar-refractivity contribution is -0.164. The van der Waals surface area contributed by atoms with Crippen LogP contribution in [0.4, 0.5) is 4.39 Å². The van der Waals surface area contributed by atoms with Gasteiger partial charge in [-0.1, -0.05) is 6.07 Å². The summed E-state index contributed by atoms with van der Waals surface area (Å²) in [5.41, 5.74) is -0.439. The SMILES string of the molecule is CCOC(=O)C(OCC)N1C(=O)c2cccc(F)c2C1=O. The van der Waals surface area contributed by atoms with Gasteiger partial charge in [-0.2, -0.15) is 0 Å². The Morgan fingerprint density at radius 3 is 2.52 bits per heavy atom. The summed E-state index contributed by atoms with van der Waals surface area (Å²) in [5.74, 6) is -3.36. The van der Waals surface area contributed by atoms with Gasteiger partial charge in [0, 0.05) is 6.61 Å². The van der Waals surface area contributed by atoms with Crippen LogP contribution >= 0.6 is 0 Å². The van der Waals surface area contributed by atoms with Gasteiger partial charge in [-0.25, -0.2) is 14.1 Å². The molecule has 7 heteroatoms. The predicted octanol–water partition coefficient (Wildman–Crippen LogP) is 1.35. The maximum atomic E-state index is 13.7. The van der Waals surface area contributed by atoms with E-state index in [1.807, 2.05) is 0 Å². The smallest absolute Gasteiger partial charge is 0.357 e. The number of esters is 1.